The SMILES string of the molecule is CN=C(NCc1noc(C(C)(C)C)n1)NC1CCCC1. The highest BCUT2D eigenvalue weighted by Gasteiger charge is 2.22. The molecule has 0 aromatic carbocycles. The zero-order valence-electron chi connectivity index (χ0n) is 12.9. The van der Waals surface area contributed by atoms with E-state index in [1.54, 1.807) is 7.05 Å². The number of hydrogen-bond acceptors (Lipinski definition) is 4. The Balaban J connectivity index is 1.85. The van der Waals surface area contributed by atoms with Gasteiger partial charge in [0, 0.05) is 18.5 Å². The van der Waals surface area contributed by atoms with E-state index < -0.39 is 0 Å². The van der Waals surface area contributed by atoms with Gasteiger partial charge >= 0.3 is 0 Å². The van der Waals surface area contributed by atoms with Crippen LogP contribution in [0.1, 0.15) is 58.2 Å². The third kappa shape index (κ3) is 3.95. The highest BCUT2D eigenvalue weighted by molar-refractivity contribution is 5.79. The molecule has 0 aliphatic heterocycles. The Morgan fingerprint density at radius 3 is 2.60 bits per heavy atom. The highest BCUT2D eigenvalue weighted by atomic mass is 16.5. The second kappa shape index (κ2) is 6.24. The molecule has 0 unspecified atom stereocenters. The Morgan fingerprint density at radius 1 is 1.35 bits per heavy atom. The van der Waals surface area contributed by atoms with E-state index in [1.807, 2.05) is 0 Å². The maximum absolute atomic E-state index is 5.27. The summed E-state index contributed by atoms with van der Waals surface area (Å²) in [5.74, 6) is 2.12. The zero-order chi connectivity index (χ0) is 14.6. The predicted octanol–water partition coefficient (Wildman–Crippen LogP) is 1.97. The van der Waals surface area contributed by atoms with Gasteiger partial charge in [0.25, 0.3) is 0 Å². The summed E-state index contributed by atoms with van der Waals surface area (Å²) in [6.45, 7) is 6.68. The van der Waals surface area contributed by atoms with E-state index in [0.717, 1.165) is 5.96 Å². The molecule has 0 saturated heterocycles. The minimum absolute atomic E-state index is 0.116. The lowest BCUT2D eigenvalue weighted by molar-refractivity contribution is 0.318. The normalized spacial score (nSPS) is 17.5. The van der Waals surface area contributed by atoms with E-state index in [2.05, 4.69) is 46.5 Å². The molecule has 1 aliphatic carbocycles. The molecular weight excluding hydrogens is 254 g/mol. The second-order valence-corrected chi connectivity index (χ2v) is 6.32. The number of nitrogens with one attached hydrogen (secondary N) is 2. The molecule has 1 aliphatic rings. The van der Waals surface area contributed by atoms with Crippen LogP contribution in [0.4, 0.5) is 0 Å². The number of aliphatic imine (C=N–C) groups is 1. The lowest BCUT2D eigenvalue weighted by Crippen LogP contribution is -2.42. The first-order valence-corrected chi connectivity index (χ1v) is 7.29. The summed E-state index contributed by atoms with van der Waals surface area (Å²) in [6.07, 6.45) is 5.04. The number of hydrogen-bond donors (Lipinski definition) is 2. The van der Waals surface area contributed by atoms with Gasteiger partial charge in [-0.3, -0.25) is 4.99 Å². The fraction of sp³-hybridized carbons (Fsp3) is 0.786. The standard InChI is InChI=1S/C14H25N5O/c1-14(2,3)12-18-11(19-20-12)9-16-13(15-4)17-10-7-5-6-8-10/h10H,5-9H2,1-4H3,(H2,15,16,17). The summed E-state index contributed by atoms with van der Waals surface area (Å²) >= 11 is 0. The van der Waals surface area contributed by atoms with Crippen LogP contribution in [0.25, 0.3) is 0 Å². The number of aromatic nitrogens is 2. The topological polar surface area (TPSA) is 75.3 Å². The molecule has 6 nitrogen and oxygen atoms in total. The maximum atomic E-state index is 5.27. The van der Waals surface area contributed by atoms with Crippen molar-refractivity contribution in [1.29, 1.82) is 0 Å². The van der Waals surface area contributed by atoms with Crippen LogP contribution in [0.15, 0.2) is 9.52 Å². The minimum atomic E-state index is -0.116. The monoisotopic (exact) mass is 279 g/mol. The van der Waals surface area contributed by atoms with Crippen LogP contribution in [0.5, 0.6) is 0 Å². The molecule has 0 spiro atoms. The van der Waals surface area contributed by atoms with E-state index in [4.69, 9.17) is 4.52 Å². The molecule has 1 aromatic rings. The van der Waals surface area contributed by atoms with Crippen molar-refractivity contribution in [2.75, 3.05) is 7.05 Å². The highest BCUT2D eigenvalue weighted by Crippen LogP contribution is 2.19. The van der Waals surface area contributed by atoms with Crippen molar-refractivity contribution in [3.8, 4) is 0 Å². The Kier molecular flexibility index (Phi) is 4.62. The summed E-state index contributed by atoms with van der Waals surface area (Å²) in [5, 5.41) is 10.6. The van der Waals surface area contributed by atoms with Crippen molar-refractivity contribution in [1.82, 2.24) is 20.8 Å². The van der Waals surface area contributed by atoms with Gasteiger partial charge in [-0.1, -0.05) is 38.8 Å². The molecule has 0 amide bonds. The molecule has 0 bridgehead atoms. The van der Waals surface area contributed by atoms with Crippen molar-refractivity contribution in [3.63, 3.8) is 0 Å². The summed E-state index contributed by atoms with van der Waals surface area (Å²) in [5.41, 5.74) is -0.116. The van der Waals surface area contributed by atoms with Crippen molar-refractivity contribution >= 4 is 5.96 Å². The molecule has 1 aromatic heterocycles. The molecule has 112 valence electrons. The Bertz CT molecular complexity index is 454. The fourth-order valence-corrected chi connectivity index (χ4v) is 2.25. The lowest BCUT2D eigenvalue weighted by Gasteiger charge is -2.15. The zero-order valence-corrected chi connectivity index (χ0v) is 12.9. The molecular formula is C14H25N5O. The second-order valence-electron chi connectivity index (χ2n) is 6.32. The van der Waals surface area contributed by atoms with Crippen molar-refractivity contribution in [2.24, 2.45) is 4.99 Å². The van der Waals surface area contributed by atoms with E-state index in [-0.39, 0.29) is 5.41 Å². The first-order chi connectivity index (χ1) is 9.49. The molecule has 1 saturated carbocycles. The largest absolute Gasteiger partial charge is 0.354 e. The van der Waals surface area contributed by atoms with Crippen LogP contribution in [0.2, 0.25) is 0 Å². The van der Waals surface area contributed by atoms with E-state index in [0.29, 0.717) is 24.3 Å². The molecule has 0 atom stereocenters. The first-order valence-electron chi connectivity index (χ1n) is 7.29. The van der Waals surface area contributed by atoms with Crippen molar-refractivity contribution in [3.05, 3.63) is 11.7 Å². The van der Waals surface area contributed by atoms with Crippen LogP contribution in [0, 0.1) is 0 Å². The third-order valence-electron chi connectivity index (χ3n) is 3.44. The van der Waals surface area contributed by atoms with Crippen LogP contribution < -0.4 is 10.6 Å². The third-order valence-corrected chi connectivity index (χ3v) is 3.44. The number of guanidine groups is 1. The van der Waals surface area contributed by atoms with Crippen LogP contribution in [-0.2, 0) is 12.0 Å². The van der Waals surface area contributed by atoms with E-state index >= 15 is 0 Å². The minimum Gasteiger partial charge on any atom is -0.354 e. The van der Waals surface area contributed by atoms with Crippen LogP contribution >= 0.6 is 0 Å². The van der Waals surface area contributed by atoms with Gasteiger partial charge in [-0.05, 0) is 12.8 Å². The molecule has 1 fully saturated rings. The van der Waals surface area contributed by atoms with Gasteiger partial charge < -0.3 is 15.2 Å². The first kappa shape index (κ1) is 14.8. The van der Waals surface area contributed by atoms with Crippen LogP contribution in [0.3, 0.4) is 0 Å². The van der Waals surface area contributed by atoms with Crippen LogP contribution in [-0.4, -0.2) is 29.2 Å². The van der Waals surface area contributed by atoms with Gasteiger partial charge in [0.05, 0.1) is 6.54 Å². The molecule has 2 rings (SSSR count). The Labute approximate surface area is 120 Å². The Hall–Kier alpha value is -1.59. The fourth-order valence-electron chi connectivity index (χ4n) is 2.25. The summed E-state index contributed by atoms with van der Waals surface area (Å²) < 4.78 is 5.27. The smallest absolute Gasteiger partial charge is 0.232 e. The average molecular weight is 279 g/mol. The van der Waals surface area contributed by atoms with Gasteiger partial charge in [-0.25, -0.2) is 0 Å². The number of nitrogens with zero attached hydrogens (tertiary/aromatic N) is 3. The average Bonchev–Trinajstić information content (AvgIpc) is 3.04. The van der Waals surface area contributed by atoms with Gasteiger partial charge in [-0.15, -0.1) is 0 Å². The Morgan fingerprint density at radius 2 is 2.05 bits per heavy atom. The maximum Gasteiger partial charge on any atom is 0.232 e. The van der Waals surface area contributed by atoms with Gasteiger partial charge in [0.15, 0.2) is 11.8 Å². The summed E-state index contributed by atoms with van der Waals surface area (Å²) in [4.78, 5) is 8.63. The number of rotatable bonds is 3. The van der Waals surface area contributed by atoms with E-state index in [9.17, 15) is 0 Å². The van der Waals surface area contributed by atoms with Crippen molar-refractivity contribution < 1.29 is 4.52 Å². The van der Waals surface area contributed by atoms with Crippen molar-refractivity contribution in [2.45, 2.75) is 64.5 Å². The van der Waals surface area contributed by atoms with Gasteiger partial charge in [0.1, 0.15) is 0 Å². The van der Waals surface area contributed by atoms with E-state index in [1.165, 1.54) is 25.7 Å². The summed E-state index contributed by atoms with van der Waals surface area (Å²) in [6, 6.07) is 0.539. The predicted molar refractivity (Wildman–Crippen MR) is 78.6 cm³/mol. The van der Waals surface area contributed by atoms with Gasteiger partial charge in [-0.2, -0.15) is 4.98 Å². The summed E-state index contributed by atoms with van der Waals surface area (Å²) in [7, 11) is 1.78. The molecule has 1 heterocycles. The molecule has 20 heavy (non-hydrogen) atoms. The molecule has 0 radical (unpaired) electrons. The lowest BCUT2D eigenvalue weighted by atomic mass is 9.97. The molecule has 6 heteroatoms. The quantitative estimate of drug-likeness (QED) is 0.653. The molecule has 2 N–H and O–H groups in total. The van der Waals surface area contributed by atoms with Gasteiger partial charge in [0.2, 0.25) is 5.89 Å².